The van der Waals surface area contributed by atoms with Gasteiger partial charge >= 0.3 is 0 Å². The number of halogens is 2. The van der Waals surface area contributed by atoms with E-state index in [-0.39, 0.29) is 29.8 Å². The van der Waals surface area contributed by atoms with Gasteiger partial charge in [-0.15, -0.1) is 24.0 Å². The minimum absolute atomic E-state index is 0. The first-order chi connectivity index (χ1) is 14.0. The summed E-state index contributed by atoms with van der Waals surface area (Å²) in [6.45, 7) is 8.55. The first-order valence-electron chi connectivity index (χ1n) is 9.88. The molecular weight excluding hydrogens is 492 g/mol. The summed E-state index contributed by atoms with van der Waals surface area (Å²) in [6, 6.07) is 13.6. The van der Waals surface area contributed by atoms with Crippen LogP contribution >= 0.6 is 24.0 Å². The molecule has 0 spiro atoms. The molecule has 5 nitrogen and oxygen atoms in total. The molecule has 0 amide bonds. The van der Waals surface area contributed by atoms with Gasteiger partial charge in [-0.2, -0.15) is 0 Å². The van der Waals surface area contributed by atoms with E-state index >= 15 is 0 Å². The molecule has 0 saturated carbocycles. The molecule has 1 aromatic heterocycles. The molecule has 0 fully saturated rings. The van der Waals surface area contributed by atoms with E-state index < -0.39 is 0 Å². The lowest BCUT2D eigenvalue weighted by molar-refractivity contribution is 0.617. The summed E-state index contributed by atoms with van der Waals surface area (Å²) in [5.74, 6) is 1.56. The summed E-state index contributed by atoms with van der Waals surface area (Å²) in [6.07, 6.45) is 3.81. The summed E-state index contributed by atoms with van der Waals surface area (Å²) in [5.41, 5.74) is 4.04. The number of imidazole rings is 1. The molecule has 1 heterocycles. The van der Waals surface area contributed by atoms with Crippen molar-refractivity contribution in [3.8, 4) is 0 Å². The number of hydrogen-bond donors (Lipinski definition) is 2. The monoisotopic (exact) mass is 521 g/mol. The maximum atomic E-state index is 13.4. The van der Waals surface area contributed by atoms with E-state index in [1.807, 2.05) is 32.3 Å². The fourth-order valence-electron chi connectivity index (χ4n) is 3.11. The van der Waals surface area contributed by atoms with Crippen LogP contribution in [-0.4, -0.2) is 22.1 Å². The summed E-state index contributed by atoms with van der Waals surface area (Å²) < 4.78 is 15.6. The zero-order chi connectivity index (χ0) is 20.6. The number of aromatic nitrogens is 2. The number of rotatable bonds is 7. The van der Waals surface area contributed by atoms with Gasteiger partial charge in [0.15, 0.2) is 5.96 Å². The fraction of sp³-hybridized carbons (Fsp3) is 0.304. The molecule has 3 rings (SSSR count). The molecule has 0 aliphatic rings. The number of hydrogen-bond acceptors (Lipinski definition) is 2. The molecule has 2 aromatic carbocycles. The van der Waals surface area contributed by atoms with Crippen molar-refractivity contribution < 1.29 is 4.39 Å². The third kappa shape index (κ3) is 6.83. The molecule has 0 saturated heterocycles. The van der Waals surface area contributed by atoms with Crippen LogP contribution in [-0.2, 0) is 19.6 Å². The normalized spacial score (nSPS) is 11.1. The molecule has 7 heteroatoms. The molecule has 160 valence electrons. The van der Waals surface area contributed by atoms with Gasteiger partial charge in [-0.3, -0.25) is 0 Å². The van der Waals surface area contributed by atoms with Crippen LogP contribution < -0.4 is 10.6 Å². The van der Waals surface area contributed by atoms with Gasteiger partial charge in [0.2, 0.25) is 0 Å². The molecule has 0 unspecified atom stereocenters. The van der Waals surface area contributed by atoms with Crippen molar-refractivity contribution >= 4 is 29.9 Å². The van der Waals surface area contributed by atoms with Gasteiger partial charge in [0.05, 0.1) is 6.54 Å². The molecule has 3 aromatic rings. The number of guanidine groups is 1. The minimum atomic E-state index is -0.180. The summed E-state index contributed by atoms with van der Waals surface area (Å²) in [5, 5.41) is 6.58. The van der Waals surface area contributed by atoms with E-state index in [9.17, 15) is 4.39 Å². The number of nitrogens with one attached hydrogen (secondary N) is 2. The zero-order valence-electron chi connectivity index (χ0n) is 17.7. The quantitative estimate of drug-likeness (QED) is 0.272. The van der Waals surface area contributed by atoms with Crippen molar-refractivity contribution in [1.82, 2.24) is 20.2 Å². The van der Waals surface area contributed by atoms with E-state index in [0.29, 0.717) is 18.7 Å². The van der Waals surface area contributed by atoms with E-state index in [4.69, 9.17) is 4.99 Å². The maximum Gasteiger partial charge on any atom is 0.191 e. The second-order valence-corrected chi connectivity index (χ2v) is 7.05. The molecular formula is C23H29FIN5. The first-order valence-corrected chi connectivity index (χ1v) is 9.88. The smallest absolute Gasteiger partial charge is 0.191 e. The van der Waals surface area contributed by atoms with Gasteiger partial charge in [0.1, 0.15) is 11.6 Å². The second-order valence-electron chi connectivity index (χ2n) is 7.05. The highest BCUT2D eigenvalue weighted by atomic mass is 127. The molecule has 2 N–H and O–H groups in total. The Morgan fingerprint density at radius 1 is 1.07 bits per heavy atom. The van der Waals surface area contributed by atoms with Gasteiger partial charge < -0.3 is 15.2 Å². The Kier molecular flexibility index (Phi) is 9.29. The van der Waals surface area contributed by atoms with Crippen LogP contribution in [0.25, 0.3) is 0 Å². The predicted octanol–water partition coefficient (Wildman–Crippen LogP) is 4.56. The molecule has 0 aliphatic heterocycles. The fourth-order valence-corrected chi connectivity index (χ4v) is 3.11. The highest BCUT2D eigenvalue weighted by Crippen LogP contribution is 2.11. The average Bonchev–Trinajstić information content (AvgIpc) is 3.11. The van der Waals surface area contributed by atoms with Gasteiger partial charge in [-0.25, -0.2) is 14.4 Å². The van der Waals surface area contributed by atoms with Crippen molar-refractivity contribution in [3.05, 3.63) is 88.8 Å². The SMILES string of the molecule is CCNC(=NCc1cccc(Cn2ccnc2C)c1)NCc1ccc(F)c(C)c1.I. The maximum absolute atomic E-state index is 13.4. The van der Waals surface area contributed by atoms with E-state index in [1.54, 1.807) is 13.0 Å². The van der Waals surface area contributed by atoms with Crippen LogP contribution in [0.3, 0.4) is 0 Å². The van der Waals surface area contributed by atoms with Crippen LogP contribution in [0.1, 0.15) is 35.0 Å². The van der Waals surface area contributed by atoms with Gasteiger partial charge in [-0.1, -0.05) is 36.4 Å². The lowest BCUT2D eigenvalue weighted by Gasteiger charge is -2.12. The number of benzene rings is 2. The lowest BCUT2D eigenvalue weighted by atomic mass is 10.1. The highest BCUT2D eigenvalue weighted by Gasteiger charge is 2.03. The van der Waals surface area contributed by atoms with Gasteiger partial charge in [0.25, 0.3) is 0 Å². The van der Waals surface area contributed by atoms with E-state index in [1.165, 1.54) is 11.6 Å². The van der Waals surface area contributed by atoms with E-state index in [2.05, 4.69) is 44.5 Å². The van der Waals surface area contributed by atoms with Crippen LogP contribution in [0.5, 0.6) is 0 Å². The number of nitrogens with zero attached hydrogens (tertiary/aromatic N) is 3. The largest absolute Gasteiger partial charge is 0.357 e. The molecule has 0 atom stereocenters. The van der Waals surface area contributed by atoms with Crippen LogP contribution in [0.2, 0.25) is 0 Å². The lowest BCUT2D eigenvalue weighted by Crippen LogP contribution is -2.36. The van der Waals surface area contributed by atoms with Gasteiger partial charge in [0, 0.05) is 32.0 Å². The Labute approximate surface area is 194 Å². The summed E-state index contributed by atoms with van der Waals surface area (Å²) >= 11 is 0. The molecule has 0 radical (unpaired) electrons. The highest BCUT2D eigenvalue weighted by molar-refractivity contribution is 14.0. The third-order valence-corrected chi connectivity index (χ3v) is 4.71. The van der Waals surface area contributed by atoms with Crippen LogP contribution in [0.4, 0.5) is 4.39 Å². The standard InChI is InChI=1S/C23H28FN5.HI/c1-4-25-23(28-15-20-8-9-22(24)17(2)12-20)27-14-19-6-5-7-21(13-19)16-29-11-10-26-18(29)3;/h5-13H,4,14-16H2,1-3H3,(H2,25,27,28);1H. The molecule has 0 aliphatic carbocycles. The van der Waals surface area contributed by atoms with Crippen molar-refractivity contribution in [2.45, 2.75) is 40.4 Å². The van der Waals surface area contributed by atoms with Crippen molar-refractivity contribution in [1.29, 1.82) is 0 Å². The Balaban J connectivity index is 0.00000320. The van der Waals surface area contributed by atoms with Crippen LogP contribution in [0, 0.1) is 19.7 Å². The minimum Gasteiger partial charge on any atom is -0.357 e. The summed E-state index contributed by atoms with van der Waals surface area (Å²) in [4.78, 5) is 8.97. The van der Waals surface area contributed by atoms with Crippen molar-refractivity contribution in [3.63, 3.8) is 0 Å². The summed E-state index contributed by atoms with van der Waals surface area (Å²) in [7, 11) is 0. The van der Waals surface area contributed by atoms with E-state index in [0.717, 1.165) is 36.0 Å². The Bertz CT molecular complexity index is 983. The Hall–Kier alpha value is -2.42. The zero-order valence-corrected chi connectivity index (χ0v) is 20.0. The average molecular weight is 521 g/mol. The first kappa shape index (κ1) is 23.9. The Morgan fingerprint density at radius 3 is 2.57 bits per heavy atom. The second kappa shape index (κ2) is 11.7. The van der Waals surface area contributed by atoms with Crippen molar-refractivity contribution in [2.75, 3.05) is 6.54 Å². The van der Waals surface area contributed by atoms with Crippen molar-refractivity contribution in [2.24, 2.45) is 4.99 Å². The molecule has 0 bridgehead atoms. The number of aryl methyl sites for hydroxylation is 2. The van der Waals surface area contributed by atoms with Crippen LogP contribution in [0.15, 0.2) is 59.9 Å². The predicted molar refractivity (Wildman–Crippen MR) is 131 cm³/mol. The third-order valence-electron chi connectivity index (χ3n) is 4.71. The van der Waals surface area contributed by atoms with Gasteiger partial charge in [-0.05, 0) is 49.1 Å². The topological polar surface area (TPSA) is 54.2 Å². The molecule has 30 heavy (non-hydrogen) atoms. The number of aliphatic imine (C=N–C) groups is 1. The Morgan fingerprint density at radius 2 is 1.87 bits per heavy atom.